The van der Waals surface area contributed by atoms with Gasteiger partial charge in [0, 0.05) is 40.9 Å². The van der Waals surface area contributed by atoms with Crippen LogP contribution in [0.1, 0.15) is 27.7 Å². The molecule has 0 aromatic heterocycles. The normalized spacial score (nSPS) is 5.88. The van der Waals surface area contributed by atoms with Crippen molar-refractivity contribution >= 4 is 23.9 Å². The number of hydrogen-bond acceptors (Lipinski definition) is 8. The second kappa shape index (κ2) is 23.9. The monoisotopic (exact) mass is 291 g/mol. The number of hydrogen-bond donors (Lipinski definition) is 0. The van der Waals surface area contributed by atoms with Crippen molar-refractivity contribution in [3.63, 3.8) is 0 Å². The molecule has 0 unspecified atom stereocenters. The van der Waals surface area contributed by atoms with Crippen LogP contribution in [0.3, 0.4) is 0 Å². The third-order valence-electron chi connectivity index (χ3n) is 0. The molecule has 0 N–H and O–H groups in total. The summed E-state index contributed by atoms with van der Waals surface area (Å²) in [5.41, 5.74) is 0. The Morgan fingerprint density at radius 1 is 0.529 bits per heavy atom. The van der Waals surface area contributed by atoms with Crippen molar-refractivity contribution in [3.05, 3.63) is 0 Å². The molecule has 17 heavy (non-hydrogen) atoms. The molecule has 0 aliphatic carbocycles. The van der Waals surface area contributed by atoms with Gasteiger partial charge in [-0.15, -0.1) is 0 Å². The predicted molar refractivity (Wildman–Crippen MR) is 42.7 cm³/mol. The molecular formula is C8H12MnO8-4. The van der Waals surface area contributed by atoms with Gasteiger partial charge in [-0.05, 0) is 27.7 Å². The van der Waals surface area contributed by atoms with E-state index in [9.17, 15) is 0 Å². The minimum Gasteiger partial charge on any atom is -0.550 e. The van der Waals surface area contributed by atoms with Gasteiger partial charge in [0.05, 0.1) is 0 Å². The summed E-state index contributed by atoms with van der Waals surface area (Å²) >= 11 is 0. The van der Waals surface area contributed by atoms with Gasteiger partial charge in [0.2, 0.25) is 0 Å². The van der Waals surface area contributed by atoms with Crippen LogP contribution in [0.25, 0.3) is 0 Å². The molecule has 0 saturated heterocycles. The van der Waals surface area contributed by atoms with Gasteiger partial charge in [0.15, 0.2) is 0 Å². The van der Waals surface area contributed by atoms with Crippen LogP contribution in [-0.4, -0.2) is 23.9 Å². The van der Waals surface area contributed by atoms with E-state index in [-0.39, 0.29) is 17.1 Å². The molecule has 0 spiro atoms. The maximum Gasteiger partial charge on any atom is 0.0383 e. The van der Waals surface area contributed by atoms with Crippen LogP contribution in [0.5, 0.6) is 0 Å². The number of carboxylic acids is 4. The van der Waals surface area contributed by atoms with Crippen molar-refractivity contribution < 1.29 is 56.7 Å². The second-order valence-electron chi connectivity index (χ2n) is 1.97. The fourth-order valence-corrected chi connectivity index (χ4v) is 0. The first-order valence-electron chi connectivity index (χ1n) is 3.63. The second-order valence-corrected chi connectivity index (χ2v) is 1.97. The van der Waals surface area contributed by atoms with Crippen LogP contribution < -0.4 is 20.4 Å². The Kier molecular flexibility index (Phi) is 41.5. The van der Waals surface area contributed by atoms with E-state index >= 15 is 0 Å². The molecule has 0 aliphatic heterocycles. The maximum atomic E-state index is 8.89. The van der Waals surface area contributed by atoms with Gasteiger partial charge in [0.25, 0.3) is 0 Å². The summed E-state index contributed by atoms with van der Waals surface area (Å²) in [5.74, 6) is -4.33. The number of carboxylic acid groups (broad SMARTS) is 4. The first-order chi connectivity index (χ1) is 6.93. The number of rotatable bonds is 0. The Morgan fingerprint density at radius 3 is 0.529 bits per heavy atom. The average molecular weight is 291 g/mol. The maximum absolute atomic E-state index is 8.89. The molecule has 0 aromatic rings. The first kappa shape index (κ1) is 29.5. The minimum absolute atomic E-state index is 0. The van der Waals surface area contributed by atoms with E-state index in [1.54, 1.807) is 0 Å². The van der Waals surface area contributed by atoms with Crippen LogP contribution in [0.15, 0.2) is 0 Å². The summed E-state index contributed by atoms with van der Waals surface area (Å²) < 4.78 is 0. The summed E-state index contributed by atoms with van der Waals surface area (Å²) in [6.07, 6.45) is 0. The third kappa shape index (κ3) is 864. The van der Waals surface area contributed by atoms with E-state index in [2.05, 4.69) is 0 Å². The first-order valence-corrected chi connectivity index (χ1v) is 3.63. The van der Waals surface area contributed by atoms with Gasteiger partial charge in [-0.2, -0.15) is 0 Å². The van der Waals surface area contributed by atoms with E-state index in [1.807, 2.05) is 0 Å². The van der Waals surface area contributed by atoms with Crippen LogP contribution in [0.4, 0.5) is 0 Å². The molecule has 0 aromatic carbocycles. The van der Waals surface area contributed by atoms with Crippen LogP contribution >= 0.6 is 0 Å². The molecule has 0 saturated carbocycles. The molecule has 0 bridgehead atoms. The molecule has 0 aliphatic rings. The van der Waals surface area contributed by atoms with Gasteiger partial charge in [-0.25, -0.2) is 0 Å². The van der Waals surface area contributed by atoms with Crippen molar-refractivity contribution in [2.45, 2.75) is 27.7 Å². The molecule has 0 rings (SSSR count). The number of carbonyl (C=O) groups excluding carboxylic acids is 4. The molecular weight excluding hydrogens is 279 g/mol. The fraction of sp³-hybridized carbons (Fsp3) is 0.500. The minimum atomic E-state index is -1.08. The van der Waals surface area contributed by atoms with Gasteiger partial charge < -0.3 is 39.6 Å². The molecule has 0 fully saturated rings. The van der Waals surface area contributed by atoms with Crippen molar-refractivity contribution in [2.24, 2.45) is 0 Å². The van der Waals surface area contributed by atoms with Gasteiger partial charge in [0.1, 0.15) is 0 Å². The topological polar surface area (TPSA) is 161 Å². The zero-order valence-corrected chi connectivity index (χ0v) is 10.8. The SMILES string of the molecule is CC(=O)[O-].CC(=O)[O-].CC(=O)[O-].CC(=O)[O-].[Mn]. The molecule has 0 amide bonds. The smallest absolute Gasteiger partial charge is 0.0383 e. The molecule has 0 heterocycles. The van der Waals surface area contributed by atoms with Gasteiger partial charge in [-0.1, -0.05) is 0 Å². The molecule has 9 heteroatoms. The number of carbonyl (C=O) groups is 4. The van der Waals surface area contributed by atoms with Crippen LogP contribution in [0.2, 0.25) is 0 Å². The predicted octanol–water partition coefficient (Wildman–Crippen LogP) is -4.98. The fourth-order valence-electron chi connectivity index (χ4n) is 0. The molecule has 103 valence electrons. The zero-order valence-electron chi connectivity index (χ0n) is 9.64. The Morgan fingerprint density at radius 2 is 0.529 bits per heavy atom. The Bertz CT molecular complexity index is 162. The van der Waals surface area contributed by atoms with E-state index in [4.69, 9.17) is 39.6 Å². The molecule has 1 radical (unpaired) electrons. The Labute approximate surface area is 109 Å². The third-order valence-corrected chi connectivity index (χ3v) is 0. The summed E-state index contributed by atoms with van der Waals surface area (Å²) in [6.45, 7) is 3.89. The van der Waals surface area contributed by atoms with Gasteiger partial charge >= 0.3 is 0 Å². The van der Waals surface area contributed by atoms with E-state index in [1.165, 1.54) is 0 Å². The van der Waals surface area contributed by atoms with E-state index in [0.717, 1.165) is 27.7 Å². The average Bonchev–Trinajstić information content (AvgIpc) is 1.76. The summed E-state index contributed by atoms with van der Waals surface area (Å²) in [5, 5.41) is 35.6. The zero-order chi connectivity index (χ0) is 14.3. The largest absolute Gasteiger partial charge is 0.550 e. The van der Waals surface area contributed by atoms with Crippen molar-refractivity contribution in [1.82, 2.24) is 0 Å². The van der Waals surface area contributed by atoms with Gasteiger partial charge in [-0.3, -0.25) is 0 Å². The molecule has 8 nitrogen and oxygen atoms in total. The molecule has 0 atom stereocenters. The Hall–Kier alpha value is -1.60. The summed E-state index contributed by atoms with van der Waals surface area (Å²) in [7, 11) is 0. The van der Waals surface area contributed by atoms with E-state index in [0.29, 0.717) is 0 Å². The summed E-state index contributed by atoms with van der Waals surface area (Å²) in [6, 6.07) is 0. The van der Waals surface area contributed by atoms with E-state index < -0.39 is 23.9 Å². The number of aliphatic carboxylic acids is 4. The van der Waals surface area contributed by atoms with Crippen molar-refractivity contribution in [3.8, 4) is 0 Å². The van der Waals surface area contributed by atoms with Crippen molar-refractivity contribution in [1.29, 1.82) is 0 Å². The summed E-state index contributed by atoms with van der Waals surface area (Å²) in [4.78, 5) is 35.6. The Balaban J connectivity index is -0.0000000369. The van der Waals surface area contributed by atoms with Crippen LogP contribution in [-0.2, 0) is 36.2 Å². The van der Waals surface area contributed by atoms with Crippen LogP contribution in [0, 0.1) is 0 Å². The van der Waals surface area contributed by atoms with Crippen molar-refractivity contribution in [2.75, 3.05) is 0 Å². The quantitative estimate of drug-likeness (QED) is 0.401. The standard InChI is InChI=1S/4C2H4O2.Mn/c4*1-2(3)4;/h4*1H3,(H,3,4);/p-4.